The van der Waals surface area contributed by atoms with Gasteiger partial charge in [-0.3, -0.25) is 9.36 Å². The Balaban J connectivity index is 1.78. The van der Waals surface area contributed by atoms with Crippen molar-refractivity contribution in [2.24, 2.45) is 0 Å². The SMILES string of the molecule is CC(C)(C)c1nc(Cn2cnc(C3CCC3)cc2=O)cs1. The van der Waals surface area contributed by atoms with Crippen LogP contribution in [0.15, 0.2) is 22.6 Å². The van der Waals surface area contributed by atoms with Gasteiger partial charge in [0.25, 0.3) is 5.56 Å². The summed E-state index contributed by atoms with van der Waals surface area (Å²) in [7, 11) is 0. The maximum absolute atomic E-state index is 12.2. The van der Waals surface area contributed by atoms with Crippen LogP contribution in [0.1, 0.15) is 62.3 Å². The van der Waals surface area contributed by atoms with Crippen LogP contribution in [-0.2, 0) is 12.0 Å². The smallest absolute Gasteiger partial charge is 0.253 e. The molecule has 0 aromatic carbocycles. The van der Waals surface area contributed by atoms with Gasteiger partial charge < -0.3 is 0 Å². The maximum atomic E-state index is 12.2. The minimum Gasteiger partial charge on any atom is -0.293 e. The summed E-state index contributed by atoms with van der Waals surface area (Å²) < 4.78 is 1.64. The molecule has 0 radical (unpaired) electrons. The quantitative estimate of drug-likeness (QED) is 0.874. The Morgan fingerprint density at radius 1 is 1.38 bits per heavy atom. The van der Waals surface area contributed by atoms with Gasteiger partial charge in [0.05, 0.1) is 29.3 Å². The molecule has 2 aromatic heterocycles. The summed E-state index contributed by atoms with van der Waals surface area (Å²) in [5.41, 5.74) is 1.97. The van der Waals surface area contributed by atoms with Crippen molar-refractivity contribution in [3.05, 3.63) is 44.5 Å². The van der Waals surface area contributed by atoms with Crippen molar-refractivity contribution in [3.63, 3.8) is 0 Å². The molecule has 0 bridgehead atoms. The molecule has 5 heteroatoms. The molecule has 1 aliphatic rings. The lowest BCUT2D eigenvalue weighted by molar-refractivity contribution is 0.408. The zero-order valence-corrected chi connectivity index (χ0v) is 13.6. The zero-order chi connectivity index (χ0) is 15.0. The first-order valence-electron chi connectivity index (χ1n) is 7.45. The van der Waals surface area contributed by atoms with E-state index in [1.807, 2.05) is 5.38 Å². The number of aromatic nitrogens is 3. The second kappa shape index (κ2) is 5.37. The first-order chi connectivity index (χ1) is 9.93. The molecule has 0 saturated heterocycles. The highest BCUT2D eigenvalue weighted by atomic mass is 32.1. The third kappa shape index (κ3) is 3.07. The molecular formula is C16H21N3OS. The van der Waals surface area contributed by atoms with E-state index in [0.29, 0.717) is 12.5 Å². The highest BCUT2D eigenvalue weighted by Gasteiger charge is 2.21. The average Bonchev–Trinajstić information content (AvgIpc) is 2.79. The van der Waals surface area contributed by atoms with E-state index >= 15 is 0 Å². The van der Waals surface area contributed by atoms with E-state index in [9.17, 15) is 4.79 Å². The van der Waals surface area contributed by atoms with Crippen LogP contribution < -0.4 is 5.56 Å². The van der Waals surface area contributed by atoms with Gasteiger partial charge in [-0.2, -0.15) is 0 Å². The van der Waals surface area contributed by atoms with Crippen LogP contribution in [0.5, 0.6) is 0 Å². The van der Waals surface area contributed by atoms with Gasteiger partial charge in [0.2, 0.25) is 0 Å². The standard InChI is InChI=1S/C16H21N3OS/c1-16(2,3)15-18-12(9-21-15)8-19-10-17-13(7-14(19)20)11-5-4-6-11/h7,9-11H,4-6,8H2,1-3H3. The molecule has 0 N–H and O–H groups in total. The molecule has 0 atom stereocenters. The summed E-state index contributed by atoms with van der Waals surface area (Å²) in [6, 6.07) is 1.70. The van der Waals surface area contributed by atoms with Crippen LogP contribution in [0.3, 0.4) is 0 Å². The molecule has 3 rings (SSSR count). The lowest BCUT2D eigenvalue weighted by atomic mass is 9.83. The summed E-state index contributed by atoms with van der Waals surface area (Å²) in [5, 5.41) is 3.14. The van der Waals surface area contributed by atoms with Crippen LogP contribution >= 0.6 is 11.3 Å². The minimum absolute atomic E-state index is 0.0252. The molecule has 2 heterocycles. The van der Waals surface area contributed by atoms with E-state index < -0.39 is 0 Å². The Labute approximate surface area is 128 Å². The topological polar surface area (TPSA) is 47.8 Å². The number of rotatable bonds is 3. The Morgan fingerprint density at radius 2 is 2.14 bits per heavy atom. The molecule has 0 unspecified atom stereocenters. The summed E-state index contributed by atoms with van der Waals surface area (Å²) in [5.74, 6) is 0.499. The third-order valence-corrected chi connectivity index (χ3v) is 5.27. The Hall–Kier alpha value is -1.49. The predicted octanol–water partition coefficient (Wildman–Crippen LogP) is 3.31. The van der Waals surface area contributed by atoms with E-state index in [0.717, 1.165) is 29.2 Å². The van der Waals surface area contributed by atoms with Crippen LogP contribution in [0, 0.1) is 0 Å². The Kier molecular flexibility index (Phi) is 3.69. The molecule has 21 heavy (non-hydrogen) atoms. The lowest BCUT2D eigenvalue weighted by Gasteiger charge is -2.24. The van der Waals surface area contributed by atoms with Gasteiger partial charge in [-0.05, 0) is 12.8 Å². The summed E-state index contributed by atoms with van der Waals surface area (Å²) in [6.45, 7) is 6.95. The van der Waals surface area contributed by atoms with Gasteiger partial charge in [0.1, 0.15) is 0 Å². The monoisotopic (exact) mass is 303 g/mol. The molecular weight excluding hydrogens is 282 g/mol. The molecule has 1 fully saturated rings. The molecule has 0 amide bonds. The van der Waals surface area contributed by atoms with Crippen LogP contribution in [-0.4, -0.2) is 14.5 Å². The first-order valence-corrected chi connectivity index (χ1v) is 8.33. The lowest BCUT2D eigenvalue weighted by Crippen LogP contribution is -2.23. The largest absolute Gasteiger partial charge is 0.293 e. The number of hydrogen-bond donors (Lipinski definition) is 0. The van der Waals surface area contributed by atoms with E-state index in [1.165, 1.54) is 6.42 Å². The summed E-state index contributed by atoms with van der Waals surface area (Å²) in [6.07, 6.45) is 5.25. The highest BCUT2D eigenvalue weighted by molar-refractivity contribution is 7.09. The van der Waals surface area contributed by atoms with Crippen LogP contribution in [0.2, 0.25) is 0 Å². The van der Waals surface area contributed by atoms with E-state index in [1.54, 1.807) is 28.3 Å². The highest BCUT2D eigenvalue weighted by Crippen LogP contribution is 2.34. The van der Waals surface area contributed by atoms with Gasteiger partial charge >= 0.3 is 0 Å². The first kappa shape index (κ1) is 14.4. The molecule has 2 aromatic rings. The fraction of sp³-hybridized carbons (Fsp3) is 0.562. The predicted molar refractivity (Wildman–Crippen MR) is 85.0 cm³/mol. The zero-order valence-electron chi connectivity index (χ0n) is 12.8. The van der Waals surface area contributed by atoms with Gasteiger partial charge in [0, 0.05) is 22.8 Å². The van der Waals surface area contributed by atoms with Crippen molar-refractivity contribution in [2.45, 2.75) is 57.9 Å². The van der Waals surface area contributed by atoms with E-state index in [-0.39, 0.29) is 11.0 Å². The molecule has 1 aliphatic carbocycles. The van der Waals surface area contributed by atoms with Gasteiger partial charge in [0.15, 0.2) is 0 Å². The molecule has 0 aliphatic heterocycles. The van der Waals surface area contributed by atoms with Crippen molar-refractivity contribution < 1.29 is 0 Å². The number of thiazole rings is 1. The average molecular weight is 303 g/mol. The normalized spacial score (nSPS) is 16.0. The van der Waals surface area contributed by atoms with Gasteiger partial charge in [-0.15, -0.1) is 11.3 Å². The van der Waals surface area contributed by atoms with Crippen LogP contribution in [0.4, 0.5) is 0 Å². The number of hydrogen-bond acceptors (Lipinski definition) is 4. The second-order valence-corrected chi connectivity index (χ2v) is 7.66. The fourth-order valence-corrected chi connectivity index (χ4v) is 3.28. The molecule has 112 valence electrons. The summed E-state index contributed by atoms with van der Waals surface area (Å²) >= 11 is 1.66. The van der Waals surface area contributed by atoms with E-state index in [2.05, 4.69) is 30.7 Å². The van der Waals surface area contributed by atoms with Crippen molar-refractivity contribution in [3.8, 4) is 0 Å². The number of nitrogens with zero attached hydrogens (tertiary/aromatic N) is 3. The van der Waals surface area contributed by atoms with Crippen molar-refractivity contribution in [1.82, 2.24) is 14.5 Å². The Bertz CT molecular complexity index is 692. The maximum Gasteiger partial charge on any atom is 0.253 e. The van der Waals surface area contributed by atoms with Crippen LogP contribution in [0.25, 0.3) is 0 Å². The molecule has 1 saturated carbocycles. The second-order valence-electron chi connectivity index (χ2n) is 6.80. The summed E-state index contributed by atoms with van der Waals surface area (Å²) in [4.78, 5) is 21.3. The van der Waals surface area contributed by atoms with Crippen molar-refractivity contribution in [1.29, 1.82) is 0 Å². The van der Waals surface area contributed by atoms with E-state index in [4.69, 9.17) is 0 Å². The van der Waals surface area contributed by atoms with Crippen molar-refractivity contribution in [2.75, 3.05) is 0 Å². The Morgan fingerprint density at radius 3 is 2.67 bits per heavy atom. The van der Waals surface area contributed by atoms with Gasteiger partial charge in [-0.25, -0.2) is 9.97 Å². The minimum atomic E-state index is 0.0252. The molecule has 0 spiro atoms. The third-order valence-electron chi connectivity index (χ3n) is 3.95. The van der Waals surface area contributed by atoms with Crippen molar-refractivity contribution >= 4 is 11.3 Å². The van der Waals surface area contributed by atoms with Gasteiger partial charge in [-0.1, -0.05) is 27.2 Å². The molecule has 4 nitrogen and oxygen atoms in total. The fourth-order valence-electron chi connectivity index (χ4n) is 2.38.